The van der Waals surface area contributed by atoms with E-state index < -0.39 is 0 Å². The fourth-order valence-electron chi connectivity index (χ4n) is 2.49. The molecule has 0 saturated heterocycles. The summed E-state index contributed by atoms with van der Waals surface area (Å²) in [7, 11) is 1.98. The second-order valence-corrected chi connectivity index (χ2v) is 5.67. The zero-order valence-corrected chi connectivity index (χ0v) is 12.8. The fraction of sp³-hybridized carbons (Fsp3) is 0.118. The van der Waals surface area contributed by atoms with E-state index in [-0.39, 0.29) is 6.04 Å². The van der Waals surface area contributed by atoms with E-state index in [2.05, 4.69) is 68.7 Å². The van der Waals surface area contributed by atoms with Gasteiger partial charge in [-0.1, -0.05) is 40.2 Å². The minimum Gasteiger partial charge on any atom is -0.309 e. The number of nitrogens with zero attached hydrogens (tertiary/aromatic N) is 1. The zero-order valence-electron chi connectivity index (χ0n) is 11.2. The second kappa shape index (κ2) is 5.73. The maximum atomic E-state index is 4.21. The standard InChI is InChI=1S/C17H15BrN2/c1-19-17(15-3-2-8-20-11-15)14-5-4-13-10-16(18)7-6-12(13)9-14/h2-11,17,19H,1H3. The van der Waals surface area contributed by atoms with Gasteiger partial charge in [0.05, 0.1) is 6.04 Å². The summed E-state index contributed by atoms with van der Waals surface area (Å²) in [6.45, 7) is 0. The first-order valence-electron chi connectivity index (χ1n) is 6.54. The molecule has 1 N–H and O–H groups in total. The molecular formula is C17H15BrN2. The number of nitrogens with one attached hydrogen (secondary N) is 1. The zero-order chi connectivity index (χ0) is 13.9. The van der Waals surface area contributed by atoms with Gasteiger partial charge < -0.3 is 5.32 Å². The van der Waals surface area contributed by atoms with Gasteiger partial charge in [0.1, 0.15) is 0 Å². The van der Waals surface area contributed by atoms with Crippen molar-refractivity contribution in [1.82, 2.24) is 10.3 Å². The molecule has 0 aliphatic carbocycles. The summed E-state index contributed by atoms with van der Waals surface area (Å²) < 4.78 is 1.11. The summed E-state index contributed by atoms with van der Waals surface area (Å²) in [5.74, 6) is 0. The number of aromatic nitrogens is 1. The Bertz CT molecular complexity index is 725. The Morgan fingerprint density at radius 2 is 1.80 bits per heavy atom. The molecule has 1 unspecified atom stereocenters. The second-order valence-electron chi connectivity index (χ2n) is 4.76. The molecule has 0 aliphatic heterocycles. The molecule has 20 heavy (non-hydrogen) atoms. The Morgan fingerprint density at radius 3 is 2.55 bits per heavy atom. The highest BCUT2D eigenvalue weighted by Crippen LogP contribution is 2.26. The average Bonchev–Trinajstić information content (AvgIpc) is 2.49. The number of rotatable bonds is 3. The third-order valence-corrected chi connectivity index (χ3v) is 3.96. The predicted molar refractivity (Wildman–Crippen MR) is 86.8 cm³/mol. The van der Waals surface area contributed by atoms with E-state index in [1.54, 1.807) is 6.20 Å². The molecule has 3 aromatic rings. The highest BCUT2D eigenvalue weighted by atomic mass is 79.9. The van der Waals surface area contributed by atoms with Gasteiger partial charge in [-0.25, -0.2) is 0 Å². The molecule has 3 heteroatoms. The van der Waals surface area contributed by atoms with Crippen molar-refractivity contribution < 1.29 is 0 Å². The topological polar surface area (TPSA) is 24.9 Å². The maximum Gasteiger partial charge on any atom is 0.0589 e. The normalized spacial score (nSPS) is 12.5. The van der Waals surface area contributed by atoms with Gasteiger partial charge in [0, 0.05) is 16.9 Å². The Balaban J connectivity index is 2.06. The van der Waals surface area contributed by atoms with E-state index in [0.717, 1.165) is 4.47 Å². The van der Waals surface area contributed by atoms with Crippen LogP contribution in [0.15, 0.2) is 65.4 Å². The van der Waals surface area contributed by atoms with Crippen LogP contribution >= 0.6 is 15.9 Å². The Hall–Kier alpha value is -1.71. The van der Waals surface area contributed by atoms with E-state index in [1.807, 2.05) is 19.3 Å². The van der Waals surface area contributed by atoms with Crippen LogP contribution in [0.3, 0.4) is 0 Å². The molecule has 0 amide bonds. The van der Waals surface area contributed by atoms with Crippen LogP contribution in [-0.4, -0.2) is 12.0 Å². The molecule has 3 rings (SSSR count). The molecule has 0 aliphatic rings. The maximum absolute atomic E-state index is 4.21. The number of fused-ring (bicyclic) bond motifs is 1. The molecule has 0 saturated carbocycles. The van der Waals surface area contributed by atoms with Gasteiger partial charge in [-0.15, -0.1) is 0 Å². The molecule has 0 bridgehead atoms. The molecule has 0 fully saturated rings. The smallest absolute Gasteiger partial charge is 0.0589 e. The summed E-state index contributed by atoms with van der Waals surface area (Å²) in [6, 6.07) is 17.1. The lowest BCUT2D eigenvalue weighted by Gasteiger charge is -2.17. The first-order chi connectivity index (χ1) is 9.78. The summed E-state index contributed by atoms with van der Waals surface area (Å²) in [5.41, 5.74) is 2.42. The van der Waals surface area contributed by atoms with Crippen molar-refractivity contribution in [2.24, 2.45) is 0 Å². The van der Waals surface area contributed by atoms with Gasteiger partial charge in [0.15, 0.2) is 0 Å². The highest BCUT2D eigenvalue weighted by molar-refractivity contribution is 9.10. The van der Waals surface area contributed by atoms with Crippen molar-refractivity contribution >= 4 is 26.7 Å². The molecule has 100 valence electrons. The molecular weight excluding hydrogens is 312 g/mol. The predicted octanol–water partition coefficient (Wildman–Crippen LogP) is 4.31. The van der Waals surface area contributed by atoms with E-state index in [0.29, 0.717) is 0 Å². The molecule has 1 aromatic heterocycles. The van der Waals surface area contributed by atoms with Crippen molar-refractivity contribution in [3.63, 3.8) is 0 Å². The largest absolute Gasteiger partial charge is 0.309 e. The van der Waals surface area contributed by atoms with E-state index in [4.69, 9.17) is 0 Å². The number of hydrogen-bond acceptors (Lipinski definition) is 2. The van der Waals surface area contributed by atoms with Crippen molar-refractivity contribution in [3.8, 4) is 0 Å². The summed E-state index contributed by atoms with van der Waals surface area (Å²) >= 11 is 3.51. The van der Waals surface area contributed by atoms with Crippen LogP contribution in [0.2, 0.25) is 0 Å². The van der Waals surface area contributed by atoms with E-state index in [9.17, 15) is 0 Å². The minimum absolute atomic E-state index is 0.164. The summed E-state index contributed by atoms with van der Waals surface area (Å²) in [4.78, 5) is 4.21. The lowest BCUT2D eigenvalue weighted by Crippen LogP contribution is -2.17. The minimum atomic E-state index is 0.164. The monoisotopic (exact) mass is 326 g/mol. The number of halogens is 1. The summed E-state index contributed by atoms with van der Waals surface area (Å²) in [5, 5.41) is 5.85. The lowest BCUT2D eigenvalue weighted by atomic mass is 9.97. The average molecular weight is 327 g/mol. The van der Waals surface area contributed by atoms with Crippen LogP contribution in [0.4, 0.5) is 0 Å². The molecule has 0 spiro atoms. The lowest BCUT2D eigenvalue weighted by molar-refractivity contribution is 0.689. The Labute approximate surface area is 127 Å². The van der Waals surface area contributed by atoms with Gasteiger partial charge in [-0.3, -0.25) is 4.98 Å². The van der Waals surface area contributed by atoms with Gasteiger partial charge in [0.2, 0.25) is 0 Å². The van der Waals surface area contributed by atoms with Crippen LogP contribution in [0.25, 0.3) is 10.8 Å². The molecule has 0 radical (unpaired) electrons. The van der Waals surface area contributed by atoms with Gasteiger partial charge in [0.25, 0.3) is 0 Å². The number of benzene rings is 2. The van der Waals surface area contributed by atoms with Crippen LogP contribution in [0, 0.1) is 0 Å². The Kier molecular flexibility index (Phi) is 3.81. The van der Waals surface area contributed by atoms with Gasteiger partial charge >= 0.3 is 0 Å². The molecule has 2 aromatic carbocycles. The van der Waals surface area contributed by atoms with E-state index in [1.165, 1.54) is 21.9 Å². The van der Waals surface area contributed by atoms with Crippen LogP contribution in [-0.2, 0) is 0 Å². The van der Waals surface area contributed by atoms with Crippen LogP contribution in [0.5, 0.6) is 0 Å². The van der Waals surface area contributed by atoms with E-state index >= 15 is 0 Å². The molecule has 2 nitrogen and oxygen atoms in total. The van der Waals surface area contributed by atoms with Crippen LogP contribution in [0.1, 0.15) is 17.2 Å². The van der Waals surface area contributed by atoms with Crippen molar-refractivity contribution in [1.29, 1.82) is 0 Å². The number of pyridine rings is 1. The molecule has 1 heterocycles. The van der Waals surface area contributed by atoms with Crippen molar-refractivity contribution in [3.05, 3.63) is 76.5 Å². The highest BCUT2D eigenvalue weighted by Gasteiger charge is 2.12. The first-order valence-corrected chi connectivity index (χ1v) is 7.33. The third kappa shape index (κ3) is 2.60. The summed E-state index contributed by atoms with van der Waals surface area (Å²) in [6.07, 6.45) is 3.71. The third-order valence-electron chi connectivity index (χ3n) is 3.47. The van der Waals surface area contributed by atoms with Gasteiger partial charge in [-0.05, 0) is 53.2 Å². The van der Waals surface area contributed by atoms with Crippen molar-refractivity contribution in [2.45, 2.75) is 6.04 Å². The van der Waals surface area contributed by atoms with Crippen LogP contribution < -0.4 is 5.32 Å². The van der Waals surface area contributed by atoms with Crippen molar-refractivity contribution in [2.75, 3.05) is 7.05 Å². The number of hydrogen-bond donors (Lipinski definition) is 1. The SMILES string of the molecule is CNC(c1cccnc1)c1ccc2cc(Br)ccc2c1. The molecule has 1 atom stereocenters. The fourth-order valence-corrected chi connectivity index (χ4v) is 2.87. The quantitative estimate of drug-likeness (QED) is 0.775. The van der Waals surface area contributed by atoms with Gasteiger partial charge in [-0.2, -0.15) is 0 Å². The first kappa shape index (κ1) is 13.3. The Morgan fingerprint density at radius 1 is 1.00 bits per heavy atom.